The predicted molar refractivity (Wildman–Crippen MR) is 104 cm³/mol. The van der Waals surface area contributed by atoms with E-state index >= 15 is 0 Å². The fourth-order valence-corrected chi connectivity index (χ4v) is 3.44. The van der Waals surface area contributed by atoms with Crippen molar-refractivity contribution in [3.63, 3.8) is 0 Å². The van der Waals surface area contributed by atoms with Gasteiger partial charge in [-0.2, -0.15) is 0 Å². The number of amides is 1. The molecular weight excluding hydrogens is 326 g/mol. The van der Waals surface area contributed by atoms with Gasteiger partial charge in [0.1, 0.15) is 11.6 Å². The molecular formula is C21H27N3O2. The van der Waals surface area contributed by atoms with E-state index in [1.165, 1.54) is 6.42 Å². The van der Waals surface area contributed by atoms with Gasteiger partial charge >= 0.3 is 0 Å². The number of carbonyl (C=O) groups is 1. The molecule has 1 aromatic carbocycles. The van der Waals surface area contributed by atoms with Crippen LogP contribution in [-0.4, -0.2) is 35.0 Å². The standard InChI is InChI=1S/C21H27N3O2/c1-3-18-7-5-6-14-24(18)21(25)16-12-13-22-20(15-16)23-17-8-10-19(11-9-17)26-4-2/h8-13,15,18H,3-7,14H2,1-2H3,(H,22,23). The maximum atomic E-state index is 12.9. The zero-order chi connectivity index (χ0) is 18.4. The van der Waals surface area contributed by atoms with Crippen LogP contribution in [0.2, 0.25) is 0 Å². The molecule has 2 aromatic rings. The lowest BCUT2D eigenvalue weighted by Gasteiger charge is -2.35. The first kappa shape index (κ1) is 18.2. The molecule has 1 amide bonds. The third-order valence-electron chi connectivity index (χ3n) is 4.80. The second kappa shape index (κ2) is 8.70. The van der Waals surface area contributed by atoms with E-state index in [9.17, 15) is 4.79 Å². The zero-order valence-electron chi connectivity index (χ0n) is 15.6. The van der Waals surface area contributed by atoms with Crippen LogP contribution in [0.4, 0.5) is 11.5 Å². The van der Waals surface area contributed by atoms with E-state index in [0.717, 1.165) is 37.2 Å². The Bertz CT molecular complexity index is 730. The van der Waals surface area contributed by atoms with Crippen molar-refractivity contribution in [1.29, 1.82) is 0 Å². The van der Waals surface area contributed by atoms with Gasteiger partial charge in [0.25, 0.3) is 5.91 Å². The molecule has 1 aliphatic heterocycles. The molecule has 1 saturated heterocycles. The van der Waals surface area contributed by atoms with Gasteiger partial charge < -0.3 is 15.0 Å². The van der Waals surface area contributed by atoms with E-state index in [4.69, 9.17) is 4.74 Å². The number of piperidine rings is 1. The van der Waals surface area contributed by atoms with Crippen LogP contribution >= 0.6 is 0 Å². The summed E-state index contributed by atoms with van der Waals surface area (Å²) in [6.07, 6.45) is 6.10. The second-order valence-electron chi connectivity index (χ2n) is 6.57. The van der Waals surface area contributed by atoms with E-state index < -0.39 is 0 Å². The van der Waals surface area contributed by atoms with Crippen LogP contribution in [-0.2, 0) is 0 Å². The number of ether oxygens (including phenoxy) is 1. The highest BCUT2D eigenvalue weighted by molar-refractivity contribution is 5.95. The van der Waals surface area contributed by atoms with E-state index in [2.05, 4.69) is 17.2 Å². The minimum Gasteiger partial charge on any atom is -0.494 e. The van der Waals surface area contributed by atoms with Crippen LogP contribution in [0, 0.1) is 0 Å². The number of benzene rings is 1. The molecule has 0 bridgehead atoms. The topological polar surface area (TPSA) is 54.5 Å². The SMILES string of the molecule is CCOc1ccc(Nc2cc(C(=O)N3CCCCC3CC)ccn2)cc1. The number of aromatic nitrogens is 1. The zero-order valence-corrected chi connectivity index (χ0v) is 15.6. The van der Waals surface area contributed by atoms with Gasteiger partial charge in [0.15, 0.2) is 0 Å². The fraction of sp³-hybridized carbons (Fsp3) is 0.429. The molecule has 0 spiro atoms. The highest BCUT2D eigenvalue weighted by Crippen LogP contribution is 2.23. The van der Waals surface area contributed by atoms with Crippen LogP contribution in [0.1, 0.15) is 49.9 Å². The summed E-state index contributed by atoms with van der Waals surface area (Å²) in [5, 5.41) is 3.26. The van der Waals surface area contributed by atoms with Gasteiger partial charge in [-0.15, -0.1) is 0 Å². The molecule has 3 rings (SSSR count). The summed E-state index contributed by atoms with van der Waals surface area (Å²) >= 11 is 0. The van der Waals surface area contributed by atoms with E-state index in [1.807, 2.05) is 42.2 Å². The van der Waals surface area contributed by atoms with Crippen molar-refractivity contribution in [3.05, 3.63) is 48.2 Å². The first-order valence-electron chi connectivity index (χ1n) is 9.48. The molecule has 1 aromatic heterocycles. The number of pyridine rings is 1. The average molecular weight is 353 g/mol. The largest absolute Gasteiger partial charge is 0.494 e. The maximum absolute atomic E-state index is 12.9. The van der Waals surface area contributed by atoms with Gasteiger partial charge in [-0.1, -0.05) is 6.92 Å². The second-order valence-corrected chi connectivity index (χ2v) is 6.57. The Kier molecular flexibility index (Phi) is 6.10. The summed E-state index contributed by atoms with van der Waals surface area (Å²) in [7, 11) is 0. The summed E-state index contributed by atoms with van der Waals surface area (Å²) in [5.41, 5.74) is 1.60. The number of likely N-dealkylation sites (tertiary alicyclic amines) is 1. The van der Waals surface area contributed by atoms with E-state index in [-0.39, 0.29) is 5.91 Å². The first-order valence-corrected chi connectivity index (χ1v) is 9.48. The van der Waals surface area contributed by atoms with Gasteiger partial charge in [0.05, 0.1) is 6.61 Å². The molecule has 1 N–H and O–H groups in total. The average Bonchev–Trinajstić information content (AvgIpc) is 2.69. The molecule has 5 heteroatoms. The number of hydrogen-bond acceptors (Lipinski definition) is 4. The molecule has 138 valence electrons. The Morgan fingerprint density at radius 3 is 2.77 bits per heavy atom. The Hall–Kier alpha value is -2.56. The summed E-state index contributed by atoms with van der Waals surface area (Å²) in [6.45, 7) is 5.61. The van der Waals surface area contributed by atoms with Gasteiger partial charge in [-0.3, -0.25) is 4.79 Å². The smallest absolute Gasteiger partial charge is 0.254 e. The van der Waals surface area contributed by atoms with Crippen LogP contribution in [0.25, 0.3) is 0 Å². The van der Waals surface area contributed by atoms with Crippen LogP contribution in [0.5, 0.6) is 5.75 Å². The van der Waals surface area contributed by atoms with E-state index in [0.29, 0.717) is 24.0 Å². The summed E-state index contributed by atoms with van der Waals surface area (Å²) in [5.74, 6) is 1.62. The van der Waals surface area contributed by atoms with Crippen molar-refractivity contribution in [3.8, 4) is 5.75 Å². The van der Waals surface area contributed by atoms with Gasteiger partial charge in [0, 0.05) is 30.0 Å². The maximum Gasteiger partial charge on any atom is 0.254 e. The number of nitrogens with one attached hydrogen (secondary N) is 1. The Morgan fingerprint density at radius 1 is 1.23 bits per heavy atom. The number of carbonyl (C=O) groups excluding carboxylic acids is 1. The number of rotatable bonds is 6. The molecule has 5 nitrogen and oxygen atoms in total. The molecule has 1 atom stereocenters. The lowest BCUT2D eigenvalue weighted by Crippen LogP contribution is -2.43. The monoisotopic (exact) mass is 353 g/mol. The van der Waals surface area contributed by atoms with Crippen LogP contribution in [0.15, 0.2) is 42.6 Å². The molecule has 26 heavy (non-hydrogen) atoms. The van der Waals surface area contributed by atoms with Crippen molar-refractivity contribution < 1.29 is 9.53 Å². The van der Waals surface area contributed by atoms with Crippen molar-refractivity contribution in [2.75, 3.05) is 18.5 Å². The molecule has 1 unspecified atom stereocenters. The Balaban J connectivity index is 1.72. The number of anilines is 2. The fourth-order valence-electron chi connectivity index (χ4n) is 3.44. The Morgan fingerprint density at radius 2 is 2.04 bits per heavy atom. The lowest BCUT2D eigenvalue weighted by molar-refractivity contribution is 0.0608. The first-order chi connectivity index (χ1) is 12.7. The molecule has 2 heterocycles. The minimum atomic E-state index is 0.105. The third kappa shape index (κ3) is 4.34. The van der Waals surface area contributed by atoms with Crippen molar-refractivity contribution >= 4 is 17.4 Å². The summed E-state index contributed by atoms with van der Waals surface area (Å²) < 4.78 is 5.46. The quantitative estimate of drug-likeness (QED) is 0.823. The Labute approximate surface area is 155 Å². The predicted octanol–water partition coefficient (Wildman–Crippen LogP) is 4.63. The van der Waals surface area contributed by atoms with Crippen LogP contribution < -0.4 is 10.1 Å². The van der Waals surface area contributed by atoms with Crippen molar-refractivity contribution in [2.24, 2.45) is 0 Å². The number of nitrogens with zero attached hydrogens (tertiary/aromatic N) is 2. The van der Waals surface area contributed by atoms with Gasteiger partial charge in [-0.25, -0.2) is 4.98 Å². The molecule has 1 aliphatic rings. The van der Waals surface area contributed by atoms with E-state index in [1.54, 1.807) is 12.3 Å². The molecule has 1 fully saturated rings. The summed E-state index contributed by atoms with van der Waals surface area (Å²) in [4.78, 5) is 19.3. The van der Waals surface area contributed by atoms with Gasteiger partial charge in [0.2, 0.25) is 0 Å². The molecule has 0 aliphatic carbocycles. The third-order valence-corrected chi connectivity index (χ3v) is 4.80. The highest BCUT2D eigenvalue weighted by atomic mass is 16.5. The molecule has 0 saturated carbocycles. The van der Waals surface area contributed by atoms with Crippen molar-refractivity contribution in [2.45, 2.75) is 45.6 Å². The normalized spacial score (nSPS) is 17.0. The summed E-state index contributed by atoms with van der Waals surface area (Å²) in [6, 6.07) is 11.7. The number of hydrogen-bond donors (Lipinski definition) is 1. The van der Waals surface area contributed by atoms with Crippen LogP contribution in [0.3, 0.4) is 0 Å². The highest BCUT2D eigenvalue weighted by Gasteiger charge is 2.26. The lowest BCUT2D eigenvalue weighted by atomic mass is 9.99. The van der Waals surface area contributed by atoms with Gasteiger partial charge in [-0.05, 0) is 69.0 Å². The minimum absolute atomic E-state index is 0.105. The molecule has 0 radical (unpaired) electrons. The van der Waals surface area contributed by atoms with Crippen molar-refractivity contribution in [1.82, 2.24) is 9.88 Å².